The Bertz CT molecular complexity index is 1420. The summed E-state index contributed by atoms with van der Waals surface area (Å²) in [6.45, 7) is 7.02. The van der Waals surface area contributed by atoms with Crippen LogP contribution in [0, 0.1) is 0 Å². The van der Waals surface area contributed by atoms with Crippen molar-refractivity contribution >= 4 is 33.4 Å². The first-order valence-corrected chi connectivity index (χ1v) is 11.8. The number of ether oxygens (including phenoxy) is 1. The molecule has 170 valence electrons. The van der Waals surface area contributed by atoms with E-state index in [2.05, 4.69) is 65.0 Å². The second-order valence-electron chi connectivity index (χ2n) is 8.82. The first kappa shape index (κ1) is 20.7. The molecule has 34 heavy (non-hydrogen) atoms. The van der Waals surface area contributed by atoms with Gasteiger partial charge < -0.3 is 14.5 Å². The minimum atomic E-state index is -0.0207. The molecule has 1 aromatic heterocycles. The molecule has 2 aliphatic heterocycles. The van der Waals surface area contributed by atoms with Gasteiger partial charge in [-0.25, -0.2) is 9.97 Å². The summed E-state index contributed by atoms with van der Waals surface area (Å²) in [5.74, 6) is 1.78. The van der Waals surface area contributed by atoms with Gasteiger partial charge in [-0.05, 0) is 46.9 Å². The number of rotatable bonds is 3. The lowest BCUT2D eigenvalue weighted by Crippen LogP contribution is -2.48. The van der Waals surface area contributed by atoms with Gasteiger partial charge in [-0.3, -0.25) is 4.79 Å². The Morgan fingerprint density at radius 1 is 1.00 bits per heavy atom. The maximum absolute atomic E-state index is 12.0. The van der Waals surface area contributed by atoms with Crippen molar-refractivity contribution in [3.63, 3.8) is 0 Å². The normalized spacial score (nSPS) is 15.8. The quantitative estimate of drug-likeness (QED) is 0.427. The van der Waals surface area contributed by atoms with E-state index < -0.39 is 0 Å². The van der Waals surface area contributed by atoms with Crippen LogP contribution in [0.25, 0.3) is 32.8 Å². The molecule has 0 bridgehead atoms. The fourth-order valence-electron chi connectivity index (χ4n) is 5.25. The van der Waals surface area contributed by atoms with Crippen LogP contribution in [0.4, 0.5) is 5.82 Å². The van der Waals surface area contributed by atoms with E-state index in [1.807, 2.05) is 4.90 Å². The monoisotopic (exact) mass is 450 g/mol. The standard InChI is InChI=1S/C28H26N4O2/c1-2-25(33)31-12-14-32(15-13-31)28-26-24(29-18-30-28)17-23(22-11-6-16-34-27(22)26)21-10-5-8-19-7-3-4-9-20(19)21/h2-5,7-10,17-18H,1,6,11-16H2. The Labute approximate surface area is 198 Å². The molecule has 4 aromatic rings. The lowest BCUT2D eigenvalue weighted by Gasteiger charge is -2.35. The van der Waals surface area contributed by atoms with Crippen LogP contribution in [0.1, 0.15) is 12.0 Å². The minimum Gasteiger partial charge on any atom is -0.492 e. The number of piperazine rings is 1. The van der Waals surface area contributed by atoms with Crippen molar-refractivity contribution in [2.24, 2.45) is 0 Å². The van der Waals surface area contributed by atoms with Crippen molar-refractivity contribution in [2.75, 3.05) is 37.7 Å². The molecule has 0 radical (unpaired) electrons. The second kappa shape index (κ2) is 8.45. The molecule has 0 N–H and O–H groups in total. The van der Waals surface area contributed by atoms with Crippen molar-refractivity contribution in [2.45, 2.75) is 12.8 Å². The summed E-state index contributed by atoms with van der Waals surface area (Å²) in [5, 5.41) is 3.43. The van der Waals surface area contributed by atoms with E-state index in [1.165, 1.54) is 33.5 Å². The number of hydrogen-bond donors (Lipinski definition) is 0. The summed E-state index contributed by atoms with van der Waals surface area (Å²) in [6, 6.07) is 17.2. The molecule has 1 saturated heterocycles. The highest BCUT2D eigenvalue weighted by Crippen LogP contribution is 2.44. The molecule has 6 heteroatoms. The first-order valence-electron chi connectivity index (χ1n) is 11.8. The zero-order valence-corrected chi connectivity index (χ0v) is 19.0. The molecule has 3 heterocycles. The number of benzene rings is 3. The van der Waals surface area contributed by atoms with E-state index in [4.69, 9.17) is 9.72 Å². The third-order valence-electron chi connectivity index (χ3n) is 6.93. The van der Waals surface area contributed by atoms with Crippen LogP contribution < -0.4 is 9.64 Å². The fourth-order valence-corrected chi connectivity index (χ4v) is 5.25. The zero-order valence-electron chi connectivity index (χ0n) is 19.0. The Morgan fingerprint density at radius 3 is 2.68 bits per heavy atom. The highest BCUT2D eigenvalue weighted by atomic mass is 16.5. The first-order chi connectivity index (χ1) is 16.7. The number of anilines is 1. The number of carbonyl (C=O) groups is 1. The predicted octanol–water partition coefficient (Wildman–Crippen LogP) is 4.61. The van der Waals surface area contributed by atoms with Crippen molar-refractivity contribution in [3.05, 3.63) is 73.1 Å². The van der Waals surface area contributed by atoms with Crippen molar-refractivity contribution < 1.29 is 9.53 Å². The molecule has 0 aliphatic carbocycles. The second-order valence-corrected chi connectivity index (χ2v) is 8.82. The molecule has 1 amide bonds. The van der Waals surface area contributed by atoms with E-state index in [9.17, 15) is 4.79 Å². The van der Waals surface area contributed by atoms with Gasteiger partial charge in [0.15, 0.2) is 0 Å². The van der Waals surface area contributed by atoms with Gasteiger partial charge in [-0.2, -0.15) is 0 Å². The molecule has 2 aliphatic rings. The maximum atomic E-state index is 12.0. The van der Waals surface area contributed by atoms with Crippen LogP contribution in [-0.4, -0.2) is 53.6 Å². The molecule has 1 fully saturated rings. The molecule has 0 unspecified atom stereocenters. The van der Waals surface area contributed by atoms with Gasteiger partial charge in [-0.15, -0.1) is 0 Å². The fraction of sp³-hybridized carbons (Fsp3) is 0.250. The maximum Gasteiger partial charge on any atom is 0.246 e. The number of amides is 1. The highest BCUT2D eigenvalue weighted by Gasteiger charge is 2.27. The van der Waals surface area contributed by atoms with E-state index in [1.54, 1.807) is 6.33 Å². The van der Waals surface area contributed by atoms with Crippen molar-refractivity contribution in [1.29, 1.82) is 0 Å². The van der Waals surface area contributed by atoms with Crippen LogP contribution in [0.3, 0.4) is 0 Å². The number of fused-ring (bicyclic) bond motifs is 4. The van der Waals surface area contributed by atoms with Crippen LogP contribution in [0.2, 0.25) is 0 Å². The minimum absolute atomic E-state index is 0.0207. The van der Waals surface area contributed by atoms with Gasteiger partial charge in [0.05, 0.1) is 17.5 Å². The molecule has 6 rings (SSSR count). The van der Waals surface area contributed by atoms with Crippen LogP contribution in [0.5, 0.6) is 5.75 Å². The summed E-state index contributed by atoms with van der Waals surface area (Å²) < 4.78 is 6.33. The lowest BCUT2D eigenvalue weighted by atomic mass is 9.89. The van der Waals surface area contributed by atoms with Crippen LogP contribution in [-0.2, 0) is 11.2 Å². The van der Waals surface area contributed by atoms with Gasteiger partial charge in [0.2, 0.25) is 5.91 Å². The Hall–Kier alpha value is -3.93. The van der Waals surface area contributed by atoms with E-state index >= 15 is 0 Å². The summed E-state index contributed by atoms with van der Waals surface area (Å²) in [4.78, 5) is 25.5. The molecule has 3 aromatic carbocycles. The van der Waals surface area contributed by atoms with Gasteiger partial charge in [0, 0.05) is 31.7 Å². The summed E-state index contributed by atoms with van der Waals surface area (Å²) in [6.07, 6.45) is 4.97. The molecular formula is C28H26N4O2. The molecular weight excluding hydrogens is 424 g/mol. The largest absolute Gasteiger partial charge is 0.492 e. The third kappa shape index (κ3) is 3.37. The molecule has 0 spiro atoms. The topological polar surface area (TPSA) is 58.6 Å². The SMILES string of the molecule is C=CC(=O)N1CCN(c2ncnc3cc(-c4cccc5ccccc45)c4c(c23)OCCC4)CC1. The van der Waals surface area contributed by atoms with E-state index in [-0.39, 0.29) is 5.91 Å². The summed E-state index contributed by atoms with van der Waals surface area (Å²) in [7, 11) is 0. The summed E-state index contributed by atoms with van der Waals surface area (Å²) in [5.41, 5.74) is 4.51. The van der Waals surface area contributed by atoms with E-state index in [0.29, 0.717) is 32.8 Å². The predicted molar refractivity (Wildman–Crippen MR) is 135 cm³/mol. The van der Waals surface area contributed by atoms with Crippen molar-refractivity contribution in [1.82, 2.24) is 14.9 Å². The average Bonchev–Trinajstić information content (AvgIpc) is 2.91. The van der Waals surface area contributed by atoms with E-state index in [0.717, 1.165) is 35.3 Å². The Balaban J connectivity index is 1.50. The molecule has 0 saturated carbocycles. The Morgan fingerprint density at radius 2 is 1.82 bits per heavy atom. The number of aromatic nitrogens is 2. The van der Waals surface area contributed by atoms with Gasteiger partial charge in [-0.1, -0.05) is 49.0 Å². The average molecular weight is 451 g/mol. The Kier molecular flexibility index (Phi) is 5.13. The van der Waals surface area contributed by atoms with Crippen LogP contribution >= 0.6 is 0 Å². The number of nitrogens with zero attached hydrogens (tertiary/aromatic N) is 4. The highest BCUT2D eigenvalue weighted by molar-refractivity contribution is 6.04. The number of carbonyl (C=O) groups excluding carboxylic acids is 1. The van der Waals surface area contributed by atoms with Crippen LogP contribution in [0.15, 0.2) is 67.5 Å². The lowest BCUT2D eigenvalue weighted by molar-refractivity contribution is -0.126. The number of hydrogen-bond acceptors (Lipinski definition) is 5. The van der Waals surface area contributed by atoms with Gasteiger partial charge >= 0.3 is 0 Å². The zero-order chi connectivity index (χ0) is 23.1. The molecule has 6 nitrogen and oxygen atoms in total. The third-order valence-corrected chi connectivity index (χ3v) is 6.93. The van der Waals surface area contributed by atoms with Crippen molar-refractivity contribution in [3.8, 4) is 16.9 Å². The van der Waals surface area contributed by atoms with Gasteiger partial charge in [0.25, 0.3) is 0 Å². The van der Waals surface area contributed by atoms with Gasteiger partial charge in [0.1, 0.15) is 17.9 Å². The smallest absolute Gasteiger partial charge is 0.246 e. The summed E-state index contributed by atoms with van der Waals surface area (Å²) >= 11 is 0. The molecule has 0 atom stereocenters.